The Morgan fingerprint density at radius 3 is 2.70 bits per heavy atom. The molecule has 0 aliphatic carbocycles. The van der Waals surface area contributed by atoms with E-state index in [0.29, 0.717) is 13.0 Å². The minimum Gasteiger partial charge on any atom is -0.361 e. The third-order valence-corrected chi connectivity index (χ3v) is 3.33. The SMILES string of the molecule is CN(C)c1ncccc1NC(=O)CCC(C)(C)CCN. The van der Waals surface area contributed by atoms with Crippen molar-refractivity contribution in [3.8, 4) is 0 Å². The van der Waals surface area contributed by atoms with E-state index in [1.165, 1.54) is 0 Å². The normalized spacial score (nSPS) is 11.2. The van der Waals surface area contributed by atoms with Crippen LogP contribution in [0.1, 0.15) is 33.1 Å². The van der Waals surface area contributed by atoms with Gasteiger partial charge in [-0.2, -0.15) is 0 Å². The second kappa shape index (κ2) is 7.24. The number of carbonyl (C=O) groups is 1. The minimum absolute atomic E-state index is 0.0196. The van der Waals surface area contributed by atoms with Gasteiger partial charge in [-0.1, -0.05) is 13.8 Å². The average Bonchev–Trinajstić information content (AvgIpc) is 2.37. The molecule has 5 heteroatoms. The van der Waals surface area contributed by atoms with Gasteiger partial charge in [0.2, 0.25) is 5.91 Å². The van der Waals surface area contributed by atoms with Gasteiger partial charge in [0.05, 0.1) is 5.69 Å². The highest BCUT2D eigenvalue weighted by molar-refractivity contribution is 5.93. The maximum Gasteiger partial charge on any atom is 0.224 e. The lowest BCUT2D eigenvalue weighted by atomic mass is 9.84. The third kappa shape index (κ3) is 5.17. The number of aromatic nitrogens is 1. The van der Waals surface area contributed by atoms with Crippen molar-refractivity contribution in [2.75, 3.05) is 30.9 Å². The zero-order valence-electron chi connectivity index (χ0n) is 12.9. The van der Waals surface area contributed by atoms with E-state index in [2.05, 4.69) is 24.1 Å². The number of hydrogen-bond acceptors (Lipinski definition) is 4. The van der Waals surface area contributed by atoms with Crippen molar-refractivity contribution < 1.29 is 4.79 Å². The van der Waals surface area contributed by atoms with Gasteiger partial charge in [0.25, 0.3) is 0 Å². The van der Waals surface area contributed by atoms with E-state index in [0.717, 1.165) is 24.3 Å². The van der Waals surface area contributed by atoms with Crippen molar-refractivity contribution in [3.05, 3.63) is 18.3 Å². The lowest BCUT2D eigenvalue weighted by Gasteiger charge is -2.23. The Hall–Kier alpha value is -1.62. The van der Waals surface area contributed by atoms with Gasteiger partial charge >= 0.3 is 0 Å². The maximum atomic E-state index is 12.0. The molecule has 0 aliphatic rings. The highest BCUT2D eigenvalue weighted by Gasteiger charge is 2.18. The van der Waals surface area contributed by atoms with Gasteiger partial charge in [-0.25, -0.2) is 4.98 Å². The molecule has 0 saturated carbocycles. The van der Waals surface area contributed by atoms with Crippen LogP contribution in [0.4, 0.5) is 11.5 Å². The fourth-order valence-corrected chi connectivity index (χ4v) is 2.03. The summed E-state index contributed by atoms with van der Waals surface area (Å²) in [5.41, 5.74) is 6.44. The van der Waals surface area contributed by atoms with Crippen LogP contribution in [0, 0.1) is 5.41 Å². The summed E-state index contributed by atoms with van der Waals surface area (Å²) in [4.78, 5) is 18.2. The van der Waals surface area contributed by atoms with Crippen molar-refractivity contribution in [2.24, 2.45) is 11.1 Å². The molecule has 0 atom stereocenters. The number of hydrogen-bond donors (Lipinski definition) is 2. The summed E-state index contributed by atoms with van der Waals surface area (Å²) in [6.07, 6.45) is 3.97. The van der Waals surface area contributed by atoms with E-state index < -0.39 is 0 Å². The summed E-state index contributed by atoms with van der Waals surface area (Å²) in [7, 11) is 3.81. The Bertz CT molecular complexity index is 443. The van der Waals surface area contributed by atoms with Crippen LogP contribution in [0.25, 0.3) is 0 Å². The van der Waals surface area contributed by atoms with Crippen LogP contribution in [-0.4, -0.2) is 31.5 Å². The number of nitrogens with zero attached hydrogens (tertiary/aromatic N) is 2. The molecule has 1 amide bonds. The molecule has 1 aromatic rings. The molecular weight excluding hydrogens is 252 g/mol. The lowest BCUT2D eigenvalue weighted by molar-refractivity contribution is -0.116. The first-order valence-electron chi connectivity index (χ1n) is 6.98. The number of anilines is 2. The van der Waals surface area contributed by atoms with E-state index >= 15 is 0 Å². The second-order valence-electron chi connectivity index (χ2n) is 6.02. The monoisotopic (exact) mass is 278 g/mol. The van der Waals surface area contributed by atoms with Crippen LogP contribution < -0.4 is 16.0 Å². The largest absolute Gasteiger partial charge is 0.361 e. The summed E-state index contributed by atoms with van der Waals surface area (Å²) in [6.45, 7) is 4.94. The van der Waals surface area contributed by atoms with Crippen molar-refractivity contribution in [1.29, 1.82) is 0 Å². The van der Waals surface area contributed by atoms with Crippen molar-refractivity contribution in [3.63, 3.8) is 0 Å². The van der Waals surface area contributed by atoms with E-state index in [-0.39, 0.29) is 11.3 Å². The molecule has 112 valence electrons. The molecule has 1 heterocycles. The average molecular weight is 278 g/mol. The zero-order chi connectivity index (χ0) is 15.2. The van der Waals surface area contributed by atoms with Gasteiger partial charge in [-0.05, 0) is 36.9 Å². The fourth-order valence-electron chi connectivity index (χ4n) is 2.03. The predicted molar refractivity (Wildman–Crippen MR) is 83.9 cm³/mol. The summed E-state index contributed by atoms with van der Waals surface area (Å²) in [6, 6.07) is 3.69. The molecule has 0 radical (unpaired) electrons. The van der Waals surface area contributed by atoms with Gasteiger partial charge < -0.3 is 16.0 Å². The highest BCUT2D eigenvalue weighted by atomic mass is 16.1. The van der Waals surface area contributed by atoms with Crippen LogP contribution in [0.5, 0.6) is 0 Å². The summed E-state index contributed by atoms with van der Waals surface area (Å²) in [5.74, 6) is 0.785. The Morgan fingerprint density at radius 2 is 2.10 bits per heavy atom. The van der Waals surface area contributed by atoms with E-state index in [9.17, 15) is 4.79 Å². The Labute approximate surface area is 121 Å². The second-order valence-corrected chi connectivity index (χ2v) is 6.02. The molecule has 5 nitrogen and oxygen atoms in total. The summed E-state index contributed by atoms with van der Waals surface area (Å²) in [5, 5.41) is 2.93. The van der Waals surface area contributed by atoms with Gasteiger partial charge in [0.1, 0.15) is 0 Å². The van der Waals surface area contributed by atoms with Crippen LogP contribution in [-0.2, 0) is 4.79 Å². The van der Waals surface area contributed by atoms with E-state index in [1.807, 2.05) is 31.1 Å². The molecule has 1 aromatic heterocycles. The van der Waals surface area contributed by atoms with Crippen molar-refractivity contribution >= 4 is 17.4 Å². The predicted octanol–water partition coefficient (Wildman–Crippen LogP) is 2.24. The summed E-state index contributed by atoms with van der Waals surface area (Å²) >= 11 is 0. The van der Waals surface area contributed by atoms with Crippen LogP contribution in [0.15, 0.2) is 18.3 Å². The number of pyridine rings is 1. The Morgan fingerprint density at radius 1 is 1.40 bits per heavy atom. The van der Waals surface area contributed by atoms with Crippen LogP contribution in [0.2, 0.25) is 0 Å². The van der Waals surface area contributed by atoms with Crippen molar-refractivity contribution in [2.45, 2.75) is 33.1 Å². The first-order chi connectivity index (χ1) is 9.35. The van der Waals surface area contributed by atoms with Crippen LogP contribution >= 0.6 is 0 Å². The molecule has 1 rings (SSSR count). The van der Waals surface area contributed by atoms with Gasteiger partial charge in [0.15, 0.2) is 5.82 Å². The van der Waals surface area contributed by atoms with Crippen LogP contribution in [0.3, 0.4) is 0 Å². The number of carbonyl (C=O) groups excluding carboxylic acids is 1. The molecule has 0 unspecified atom stereocenters. The lowest BCUT2D eigenvalue weighted by Crippen LogP contribution is -2.21. The topological polar surface area (TPSA) is 71.2 Å². The summed E-state index contributed by atoms with van der Waals surface area (Å²) < 4.78 is 0. The molecule has 0 aromatic carbocycles. The molecule has 3 N–H and O–H groups in total. The molecule has 20 heavy (non-hydrogen) atoms. The zero-order valence-corrected chi connectivity index (χ0v) is 12.9. The van der Waals surface area contributed by atoms with Gasteiger partial charge in [-0.3, -0.25) is 4.79 Å². The molecule has 0 bridgehead atoms. The molecule has 0 spiro atoms. The standard InChI is InChI=1S/C15H26N4O/c1-15(2,9-10-16)8-7-13(20)18-12-6-5-11-17-14(12)19(3)4/h5-6,11H,7-10,16H2,1-4H3,(H,18,20). The maximum absolute atomic E-state index is 12.0. The number of nitrogens with two attached hydrogens (primary N) is 1. The Kier molecular flexibility index (Phi) is 5.95. The molecule has 0 aliphatic heterocycles. The third-order valence-electron chi connectivity index (χ3n) is 3.33. The first-order valence-corrected chi connectivity index (χ1v) is 6.98. The smallest absolute Gasteiger partial charge is 0.224 e. The fraction of sp³-hybridized carbons (Fsp3) is 0.600. The Balaban J connectivity index is 2.59. The van der Waals surface area contributed by atoms with Crippen molar-refractivity contribution in [1.82, 2.24) is 4.98 Å². The van der Waals surface area contributed by atoms with Gasteiger partial charge in [-0.15, -0.1) is 0 Å². The number of nitrogens with one attached hydrogen (secondary N) is 1. The minimum atomic E-state index is 0.0196. The number of amides is 1. The molecule has 0 saturated heterocycles. The number of rotatable bonds is 7. The van der Waals surface area contributed by atoms with E-state index in [1.54, 1.807) is 6.20 Å². The van der Waals surface area contributed by atoms with E-state index in [4.69, 9.17) is 5.73 Å². The van der Waals surface area contributed by atoms with Gasteiger partial charge in [0, 0.05) is 26.7 Å². The quantitative estimate of drug-likeness (QED) is 0.802. The molecular formula is C15H26N4O. The highest BCUT2D eigenvalue weighted by Crippen LogP contribution is 2.27. The molecule has 0 fully saturated rings. The first kappa shape index (κ1) is 16.4.